The molecular weight excluding hydrogens is 235 g/mol. The summed E-state index contributed by atoms with van der Waals surface area (Å²) in [7, 11) is 0. The Hall–Kier alpha value is -0.920. The van der Waals surface area contributed by atoms with E-state index in [-0.39, 0.29) is 12.3 Å². The Labute approximate surface area is 87.4 Å². The number of hydrogen-bond donors (Lipinski definition) is 1. The van der Waals surface area contributed by atoms with Crippen molar-refractivity contribution < 1.29 is 27.9 Å². The zero-order valence-electron chi connectivity index (χ0n) is 7.45. The normalized spacial score (nSPS) is 22.6. The molecule has 15 heavy (non-hydrogen) atoms. The van der Waals surface area contributed by atoms with E-state index in [0.717, 1.165) is 0 Å². The van der Waals surface area contributed by atoms with Gasteiger partial charge in [-0.15, -0.1) is 0 Å². The molecule has 1 atom stereocenters. The van der Waals surface area contributed by atoms with E-state index in [9.17, 15) is 22.8 Å². The molecule has 0 radical (unpaired) electrons. The highest BCUT2D eigenvalue weighted by Gasteiger charge is 2.46. The number of hydrogen-bond acceptors (Lipinski definition) is 3. The molecule has 8 heteroatoms. The smallest absolute Gasteiger partial charge is 0.471 e. The first-order valence-corrected chi connectivity index (χ1v) is 5.18. The molecule has 0 aromatic carbocycles. The van der Waals surface area contributed by atoms with Gasteiger partial charge in [0.25, 0.3) is 0 Å². The van der Waals surface area contributed by atoms with E-state index in [2.05, 4.69) is 0 Å². The number of carbonyl (C=O) groups excluding carboxylic acids is 1. The molecule has 86 valence electrons. The fourth-order valence-electron chi connectivity index (χ4n) is 1.21. The molecule has 1 amide bonds. The van der Waals surface area contributed by atoms with E-state index in [1.54, 1.807) is 0 Å². The minimum atomic E-state index is -5.00. The van der Waals surface area contributed by atoms with Crippen LogP contribution in [0.5, 0.6) is 0 Å². The molecule has 0 spiro atoms. The van der Waals surface area contributed by atoms with Gasteiger partial charge in [0.15, 0.2) is 0 Å². The van der Waals surface area contributed by atoms with E-state index in [1.165, 1.54) is 11.8 Å². The van der Waals surface area contributed by atoms with Crippen molar-refractivity contribution in [3.05, 3.63) is 0 Å². The lowest BCUT2D eigenvalue weighted by Crippen LogP contribution is -2.54. The van der Waals surface area contributed by atoms with Crippen molar-refractivity contribution in [2.75, 3.05) is 18.1 Å². The summed E-state index contributed by atoms with van der Waals surface area (Å²) in [5.74, 6) is -3.15. The second-order valence-electron chi connectivity index (χ2n) is 2.93. The number of carbonyl (C=O) groups is 2. The number of alkyl halides is 3. The van der Waals surface area contributed by atoms with Crippen LogP contribution in [-0.4, -0.2) is 52.2 Å². The number of halogens is 3. The Bertz CT molecular complexity index is 281. The standard InChI is InChI=1S/C7H8F3NO3S/c8-7(9,10)6(14)11-1-2-15-3-4(11)5(12)13/h4H,1-3H2,(H,12,13). The summed E-state index contributed by atoms with van der Waals surface area (Å²) in [5, 5.41) is 8.65. The molecule has 1 N–H and O–H groups in total. The zero-order chi connectivity index (χ0) is 11.6. The summed E-state index contributed by atoms with van der Waals surface area (Å²) >= 11 is 1.22. The number of carboxylic acids is 1. The van der Waals surface area contributed by atoms with Crippen molar-refractivity contribution in [2.45, 2.75) is 12.2 Å². The number of amides is 1. The lowest BCUT2D eigenvalue weighted by Gasteiger charge is -2.32. The van der Waals surface area contributed by atoms with Gasteiger partial charge in [0.05, 0.1) is 0 Å². The molecule has 1 fully saturated rings. The van der Waals surface area contributed by atoms with Crippen LogP contribution in [0.1, 0.15) is 0 Å². The maximum Gasteiger partial charge on any atom is 0.471 e. The quantitative estimate of drug-likeness (QED) is 0.731. The average Bonchev–Trinajstić information content (AvgIpc) is 2.15. The summed E-state index contributed by atoms with van der Waals surface area (Å²) in [6.07, 6.45) is -5.00. The third-order valence-electron chi connectivity index (χ3n) is 1.92. The van der Waals surface area contributed by atoms with E-state index in [4.69, 9.17) is 5.11 Å². The van der Waals surface area contributed by atoms with Crippen molar-refractivity contribution >= 4 is 23.6 Å². The molecule has 1 heterocycles. The maximum absolute atomic E-state index is 12.1. The van der Waals surface area contributed by atoms with Gasteiger partial charge in [-0.3, -0.25) is 4.79 Å². The van der Waals surface area contributed by atoms with Gasteiger partial charge in [-0.05, 0) is 0 Å². The fourth-order valence-corrected chi connectivity index (χ4v) is 2.25. The zero-order valence-corrected chi connectivity index (χ0v) is 8.27. The van der Waals surface area contributed by atoms with Crippen LogP contribution >= 0.6 is 11.8 Å². The molecule has 1 aliphatic heterocycles. The second-order valence-corrected chi connectivity index (χ2v) is 4.08. The van der Waals surface area contributed by atoms with Gasteiger partial charge in [-0.25, -0.2) is 4.79 Å². The van der Waals surface area contributed by atoms with Crippen molar-refractivity contribution in [3.8, 4) is 0 Å². The highest BCUT2D eigenvalue weighted by molar-refractivity contribution is 7.99. The third kappa shape index (κ3) is 2.77. The van der Waals surface area contributed by atoms with Gasteiger partial charge >= 0.3 is 18.1 Å². The van der Waals surface area contributed by atoms with Crippen molar-refractivity contribution in [1.82, 2.24) is 4.90 Å². The third-order valence-corrected chi connectivity index (χ3v) is 2.94. The van der Waals surface area contributed by atoms with Crippen molar-refractivity contribution in [2.24, 2.45) is 0 Å². The van der Waals surface area contributed by atoms with E-state index < -0.39 is 24.1 Å². The Morgan fingerprint density at radius 3 is 2.47 bits per heavy atom. The largest absolute Gasteiger partial charge is 0.480 e. The van der Waals surface area contributed by atoms with Gasteiger partial charge in [-0.2, -0.15) is 24.9 Å². The lowest BCUT2D eigenvalue weighted by molar-refractivity contribution is -0.189. The molecule has 0 bridgehead atoms. The summed E-state index contributed by atoms with van der Waals surface area (Å²) in [6.45, 7) is -0.181. The number of rotatable bonds is 1. The van der Waals surface area contributed by atoms with Crippen LogP contribution < -0.4 is 0 Å². The molecule has 0 saturated carbocycles. The first kappa shape index (κ1) is 12.2. The number of aliphatic carboxylic acids is 1. The van der Waals surface area contributed by atoms with E-state index in [1.807, 2.05) is 0 Å². The first-order chi connectivity index (χ1) is 6.84. The van der Waals surface area contributed by atoms with Gasteiger partial charge in [0.1, 0.15) is 6.04 Å². The first-order valence-electron chi connectivity index (χ1n) is 4.02. The molecule has 0 aliphatic carbocycles. The second kappa shape index (κ2) is 4.30. The minimum Gasteiger partial charge on any atom is -0.480 e. The summed E-state index contributed by atoms with van der Waals surface area (Å²) < 4.78 is 36.2. The molecular formula is C7H8F3NO3S. The average molecular weight is 243 g/mol. The topological polar surface area (TPSA) is 57.6 Å². The van der Waals surface area contributed by atoms with Gasteiger partial charge < -0.3 is 10.0 Å². The highest BCUT2D eigenvalue weighted by Crippen LogP contribution is 2.24. The molecule has 1 rings (SSSR count). The van der Waals surface area contributed by atoms with Crippen LogP contribution in [0.15, 0.2) is 0 Å². The predicted octanol–water partition coefficient (Wildman–Crippen LogP) is 0.577. The highest BCUT2D eigenvalue weighted by atomic mass is 32.2. The van der Waals surface area contributed by atoms with Crippen LogP contribution in [-0.2, 0) is 9.59 Å². The fraction of sp³-hybridized carbons (Fsp3) is 0.714. The van der Waals surface area contributed by atoms with Gasteiger partial charge in [0, 0.05) is 18.1 Å². The molecule has 1 aliphatic rings. The number of nitrogens with zero attached hydrogens (tertiary/aromatic N) is 1. The predicted molar refractivity (Wildman–Crippen MR) is 46.5 cm³/mol. The van der Waals surface area contributed by atoms with Crippen molar-refractivity contribution in [1.29, 1.82) is 0 Å². The van der Waals surface area contributed by atoms with E-state index >= 15 is 0 Å². The SMILES string of the molecule is O=C(O)C1CSCCN1C(=O)C(F)(F)F. The summed E-state index contributed by atoms with van der Waals surface area (Å²) in [4.78, 5) is 21.9. The van der Waals surface area contributed by atoms with Crippen LogP contribution in [0.2, 0.25) is 0 Å². The van der Waals surface area contributed by atoms with E-state index in [0.29, 0.717) is 10.7 Å². The van der Waals surface area contributed by atoms with Gasteiger partial charge in [0.2, 0.25) is 0 Å². The maximum atomic E-state index is 12.1. The number of carboxylic acid groups (broad SMARTS) is 1. The minimum absolute atomic E-state index is 0.00282. The van der Waals surface area contributed by atoms with Crippen LogP contribution in [0.3, 0.4) is 0 Å². The lowest BCUT2D eigenvalue weighted by atomic mass is 10.2. The monoisotopic (exact) mass is 243 g/mol. The van der Waals surface area contributed by atoms with Crippen LogP contribution in [0.25, 0.3) is 0 Å². The number of thioether (sulfide) groups is 1. The van der Waals surface area contributed by atoms with Crippen molar-refractivity contribution in [3.63, 3.8) is 0 Å². The Morgan fingerprint density at radius 2 is 2.00 bits per heavy atom. The molecule has 0 aromatic rings. The van der Waals surface area contributed by atoms with Gasteiger partial charge in [-0.1, -0.05) is 0 Å². The van der Waals surface area contributed by atoms with Crippen LogP contribution in [0, 0.1) is 0 Å². The Kier molecular flexibility index (Phi) is 3.48. The molecule has 4 nitrogen and oxygen atoms in total. The Balaban J connectivity index is 2.81. The molecule has 1 unspecified atom stereocenters. The Morgan fingerprint density at radius 1 is 1.40 bits per heavy atom. The van der Waals surface area contributed by atoms with Crippen LogP contribution in [0.4, 0.5) is 13.2 Å². The summed E-state index contributed by atoms with van der Waals surface area (Å²) in [6, 6.07) is -1.38. The summed E-state index contributed by atoms with van der Waals surface area (Å²) in [5.41, 5.74) is 0. The molecule has 1 saturated heterocycles. The molecule has 0 aromatic heterocycles.